The summed E-state index contributed by atoms with van der Waals surface area (Å²) in [6.45, 7) is 10.5. The Morgan fingerprint density at radius 3 is 2.21 bits per heavy atom. The second-order valence-corrected chi connectivity index (χ2v) is 17.8. The molecule has 0 amide bonds. The minimum atomic E-state index is -0.162. The normalized spacial score (nSPS) is 29.7. The second-order valence-electron chi connectivity index (χ2n) is 17.1. The van der Waals surface area contributed by atoms with Crippen LogP contribution in [0.15, 0.2) is 24.3 Å². The Labute approximate surface area is 349 Å². The van der Waals surface area contributed by atoms with Crippen LogP contribution >= 0.6 is 23.2 Å². The largest absolute Gasteiger partial charge is 0.493 e. The Morgan fingerprint density at radius 2 is 1.46 bits per heavy atom. The van der Waals surface area contributed by atoms with Gasteiger partial charge < -0.3 is 41.0 Å². The number of hydrogen-bond donors (Lipinski definition) is 9. The molecule has 0 radical (unpaired) electrons. The third-order valence-corrected chi connectivity index (χ3v) is 13.2. The maximum Gasteiger partial charge on any atom is 0.133 e. The molecule has 6 aliphatic heterocycles. The average Bonchev–Trinajstić information content (AvgIpc) is 3.60. The van der Waals surface area contributed by atoms with Crippen molar-refractivity contribution in [3.63, 3.8) is 0 Å². The molecule has 0 saturated carbocycles. The number of nitrogens with zero attached hydrogens (tertiary/aromatic N) is 1. The number of ether oxygens (including phenoxy) is 2. The standard InChI is InChI=1S/C43H64Cl2N10O2/c1-25-18-34(46-3)53-42(49-25)52-33-22-31-20-27(24-57-41(31)37(39(33)45)29-9-6-15-55(4)16-12-29)23-48-35-19-26(2)50-43(54-35)51-32-21-30-10-7-17-56-40(30)36(38(32)44)28-8-5-13-47-14-11-28/h11-12,21-22,25-27,34-35,42-43,46-54H,5-10,13-20,23-24H2,1-4H3. The number of benzene rings is 2. The average molecular weight is 824 g/mol. The third-order valence-electron chi connectivity index (χ3n) is 12.4. The van der Waals surface area contributed by atoms with Crippen LogP contribution in [0.25, 0.3) is 11.1 Å². The maximum atomic E-state index is 7.36. The van der Waals surface area contributed by atoms with Gasteiger partial charge in [-0.05, 0) is 133 Å². The molecule has 0 aromatic heterocycles. The van der Waals surface area contributed by atoms with Crippen LogP contribution in [0.5, 0.6) is 11.5 Å². The van der Waals surface area contributed by atoms with E-state index in [1.807, 2.05) is 7.05 Å². The van der Waals surface area contributed by atoms with Crippen LogP contribution in [0.4, 0.5) is 11.4 Å². The fraction of sp³-hybridized carbons (Fsp3) is 0.628. The summed E-state index contributed by atoms with van der Waals surface area (Å²) in [7, 11) is 4.18. The molecule has 0 bridgehead atoms. The molecule has 0 spiro atoms. The van der Waals surface area contributed by atoms with Gasteiger partial charge in [0, 0.05) is 48.8 Å². The quantitative estimate of drug-likeness (QED) is 0.156. The molecule has 9 N–H and O–H groups in total. The summed E-state index contributed by atoms with van der Waals surface area (Å²) in [5.74, 6) is 2.21. The van der Waals surface area contributed by atoms with Crippen LogP contribution in [-0.4, -0.2) is 102 Å². The van der Waals surface area contributed by atoms with Crippen LogP contribution in [0.3, 0.4) is 0 Å². The lowest BCUT2D eigenvalue weighted by Crippen LogP contribution is -2.64. The van der Waals surface area contributed by atoms with Gasteiger partial charge in [0.2, 0.25) is 0 Å². The fourth-order valence-electron chi connectivity index (χ4n) is 9.42. The van der Waals surface area contributed by atoms with Gasteiger partial charge in [-0.15, -0.1) is 0 Å². The fourth-order valence-corrected chi connectivity index (χ4v) is 10.1. The van der Waals surface area contributed by atoms with Crippen molar-refractivity contribution < 1.29 is 9.47 Å². The van der Waals surface area contributed by atoms with E-state index >= 15 is 0 Å². The molecular weight excluding hydrogens is 759 g/mol. The monoisotopic (exact) mass is 822 g/mol. The lowest BCUT2D eigenvalue weighted by molar-refractivity contribution is 0.191. The van der Waals surface area contributed by atoms with Gasteiger partial charge in [0.25, 0.3) is 0 Å². The lowest BCUT2D eigenvalue weighted by Gasteiger charge is -2.39. The number of fused-ring (bicyclic) bond motifs is 2. The minimum absolute atomic E-state index is 0.103. The van der Waals surface area contributed by atoms with E-state index < -0.39 is 0 Å². The summed E-state index contributed by atoms with van der Waals surface area (Å²) < 4.78 is 13.0. The van der Waals surface area contributed by atoms with Crippen molar-refractivity contribution in [3.05, 3.63) is 56.6 Å². The Hall–Kier alpha value is -2.62. The van der Waals surface area contributed by atoms with Gasteiger partial charge >= 0.3 is 0 Å². The zero-order chi connectivity index (χ0) is 39.5. The highest BCUT2D eigenvalue weighted by Crippen LogP contribution is 2.46. The molecule has 14 heteroatoms. The van der Waals surface area contributed by atoms with E-state index in [4.69, 9.17) is 32.7 Å². The molecule has 2 fully saturated rings. The SMILES string of the molecule is CNC1CC(C)NC(Nc2cc3c(c(C4=CCN(C)CCC4)c2Cl)OCC(CNC2CC(C)NC(Nc4cc5c(c(C6=CCNCCC6)c4Cl)OCCC5)N2)C3)N1. The van der Waals surface area contributed by atoms with E-state index in [1.54, 1.807) is 0 Å². The van der Waals surface area contributed by atoms with E-state index in [-0.39, 0.29) is 31.0 Å². The molecule has 12 nitrogen and oxygen atoms in total. The van der Waals surface area contributed by atoms with E-state index in [9.17, 15) is 0 Å². The molecule has 312 valence electrons. The van der Waals surface area contributed by atoms with Gasteiger partial charge in [0.1, 0.15) is 24.1 Å². The van der Waals surface area contributed by atoms with Crippen LogP contribution in [0.2, 0.25) is 10.0 Å². The van der Waals surface area contributed by atoms with Crippen molar-refractivity contribution in [3.8, 4) is 11.5 Å². The van der Waals surface area contributed by atoms with Gasteiger partial charge in [-0.3, -0.25) is 21.3 Å². The summed E-state index contributed by atoms with van der Waals surface area (Å²) in [6.07, 6.45) is 13.6. The smallest absolute Gasteiger partial charge is 0.133 e. The Morgan fingerprint density at radius 1 is 0.789 bits per heavy atom. The topological polar surface area (TPSA) is 130 Å². The van der Waals surface area contributed by atoms with Crippen molar-refractivity contribution in [1.29, 1.82) is 0 Å². The molecular formula is C43H64Cl2N10O2. The number of allylic oxidation sites excluding steroid dienone is 2. The predicted octanol–water partition coefficient (Wildman–Crippen LogP) is 5.24. The Kier molecular flexibility index (Phi) is 13.5. The van der Waals surface area contributed by atoms with E-state index in [0.717, 1.165) is 141 Å². The highest BCUT2D eigenvalue weighted by Gasteiger charge is 2.32. The number of nitrogens with one attached hydrogen (secondary N) is 9. The van der Waals surface area contributed by atoms with Crippen LogP contribution in [0.1, 0.15) is 81.0 Å². The second kappa shape index (κ2) is 18.8. The number of halogens is 2. The first kappa shape index (κ1) is 41.1. The zero-order valence-electron chi connectivity index (χ0n) is 34.2. The summed E-state index contributed by atoms with van der Waals surface area (Å²) in [5, 5.41) is 34.5. The maximum absolute atomic E-state index is 7.36. The van der Waals surface area contributed by atoms with Crippen LogP contribution in [0, 0.1) is 5.92 Å². The Bertz CT molecular complexity index is 1810. The van der Waals surface area contributed by atoms with Gasteiger partial charge in [-0.1, -0.05) is 35.4 Å². The minimum Gasteiger partial charge on any atom is -0.493 e. The van der Waals surface area contributed by atoms with Crippen molar-refractivity contribution >= 4 is 45.7 Å². The Balaban J connectivity index is 0.973. The van der Waals surface area contributed by atoms with E-state index in [2.05, 4.69) is 97.9 Å². The number of anilines is 2. The van der Waals surface area contributed by atoms with Crippen molar-refractivity contribution in [2.24, 2.45) is 5.92 Å². The van der Waals surface area contributed by atoms with Crippen molar-refractivity contribution in [1.82, 2.24) is 42.1 Å². The number of hydrogen-bond acceptors (Lipinski definition) is 12. The molecule has 0 aliphatic carbocycles. The lowest BCUT2D eigenvalue weighted by atomic mass is 9.90. The number of likely N-dealkylation sites (N-methyl/N-ethyl adjacent to an activating group) is 1. The zero-order valence-corrected chi connectivity index (χ0v) is 35.7. The summed E-state index contributed by atoms with van der Waals surface area (Å²) in [4.78, 5) is 2.37. The van der Waals surface area contributed by atoms with E-state index in [1.165, 1.54) is 22.3 Å². The molecule has 57 heavy (non-hydrogen) atoms. The first-order valence-electron chi connectivity index (χ1n) is 21.4. The third kappa shape index (κ3) is 9.72. The van der Waals surface area contributed by atoms with Crippen LogP contribution < -0.4 is 57.3 Å². The molecule has 7 unspecified atom stereocenters. The summed E-state index contributed by atoms with van der Waals surface area (Å²) >= 11 is 14.6. The van der Waals surface area contributed by atoms with Gasteiger partial charge in [0.05, 0.1) is 47.0 Å². The van der Waals surface area contributed by atoms with E-state index in [0.29, 0.717) is 18.6 Å². The van der Waals surface area contributed by atoms with Gasteiger partial charge in [-0.2, -0.15) is 0 Å². The van der Waals surface area contributed by atoms with Crippen LogP contribution in [-0.2, 0) is 12.8 Å². The first-order chi connectivity index (χ1) is 27.7. The van der Waals surface area contributed by atoms with Crippen molar-refractivity contribution in [2.75, 3.05) is 70.7 Å². The molecule has 2 aromatic carbocycles. The highest BCUT2D eigenvalue weighted by molar-refractivity contribution is 6.36. The molecule has 7 atom stereocenters. The molecule has 6 heterocycles. The summed E-state index contributed by atoms with van der Waals surface area (Å²) in [5.41, 5.74) is 8.97. The van der Waals surface area contributed by atoms with Gasteiger partial charge in [0.15, 0.2) is 0 Å². The number of aryl methyl sites for hydroxylation is 1. The highest BCUT2D eigenvalue weighted by atomic mass is 35.5. The summed E-state index contributed by atoms with van der Waals surface area (Å²) in [6, 6.07) is 5.06. The molecule has 6 aliphatic rings. The first-order valence-corrected chi connectivity index (χ1v) is 22.2. The molecule has 2 aromatic rings. The van der Waals surface area contributed by atoms with Crippen molar-refractivity contribution in [2.45, 2.75) is 109 Å². The molecule has 2 saturated heterocycles. The molecule has 8 rings (SSSR count). The predicted molar refractivity (Wildman–Crippen MR) is 234 cm³/mol. The van der Waals surface area contributed by atoms with Gasteiger partial charge in [-0.25, -0.2) is 0 Å². The number of rotatable bonds is 10.